The number of hydrogen-bond acceptors (Lipinski definition) is 8. The highest BCUT2D eigenvalue weighted by Crippen LogP contribution is 2.29. The van der Waals surface area contributed by atoms with Crippen molar-refractivity contribution < 1.29 is 13.0 Å². The van der Waals surface area contributed by atoms with Crippen LogP contribution in [0.3, 0.4) is 0 Å². The van der Waals surface area contributed by atoms with Gasteiger partial charge in [-0.3, -0.25) is 4.55 Å². The maximum absolute atomic E-state index is 11.4. The van der Waals surface area contributed by atoms with Gasteiger partial charge < -0.3 is 5.32 Å². The average Bonchev–Trinajstić information content (AvgIpc) is 2.60. The molecule has 0 radical (unpaired) electrons. The highest BCUT2D eigenvalue weighted by molar-refractivity contribution is 7.86. The monoisotopic (exact) mass is 452 g/mol. The van der Waals surface area contributed by atoms with Gasteiger partial charge in [0.1, 0.15) is 16.4 Å². The molecule has 0 spiro atoms. The van der Waals surface area contributed by atoms with Gasteiger partial charge in [0, 0.05) is 12.1 Å². The van der Waals surface area contributed by atoms with E-state index in [1.54, 1.807) is 0 Å². The number of halogens is 2. The number of aromatic nitrogens is 3. The van der Waals surface area contributed by atoms with Crippen LogP contribution in [-0.4, -0.2) is 27.9 Å². The Balaban J connectivity index is 1.90. The van der Waals surface area contributed by atoms with Crippen molar-refractivity contribution >= 4 is 50.8 Å². The molecule has 150 valence electrons. The molecule has 9 nitrogen and oxygen atoms in total. The van der Waals surface area contributed by atoms with Gasteiger partial charge in [0.15, 0.2) is 0 Å². The van der Waals surface area contributed by atoms with Crippen LogP contribution in [-0.2, 0) is 16.5 Å². The molecule has 3 rings (SSSR count). The smallest absolute Gasteiger partial charge is 0.296 e. The first-order valence-corrected chi connectivity index (χ1v) is 10.3. The molecule has 2 aromatic carbocycles. The lowest BCUT2D eigenvalue weighted by Crippen LogP contribution is -2.05. The van der Waals surface area contributed by atoms with Crippen LogP contribution in [0.15, 0.2) is 57.1 Å². The molecule has 2 N–H and O–H groups in total. The lowest BCUT2D eigenvalue weighted by Gasteiger charge is -2.09. The zero-order valence-corrected chi connectivity index (χ0v) is 17.2. The molecule has 0 unspecified atom stereocenters. The van der Waals surface area contributed by atoms with Crippen LogP contribution in [0.25, 0.3) is 0 Å². The van der Waals surface area contributed by atoms with Crippen LogP contribution in [0.2, 0.25) is 5.28 Å². The van der Waals surface area contributed by atoms with Crippen LogP contribution in [0.4, 0.5) is 17.3 Å². The largest absolute Gasteiger partial charge is 0.324 e. The number of hydrogen-bond donors (Lipinski definition) is 2. The van der Waals surface area contributed by atoms with Gasteiger partial charge in [-0.25, -0.2) is 4.98 Å². The summed E-state index contributed by atoms with van der Waals surface area (Å²) in [4.78, 5) is 12.0. The van der Waals surface area contributed by atoms with E-state index in [0.717, 1.165) is 17.2 Å². The number of anilines is 2. The lowest BCUT2D eigenvalue weighted by molar-refractivity contribution is 0.483. The molecule has 0 aliphatic carbocycles. The second-order valence-electron chi connectivity index (χ2n) is 5.97. The molecule has 0 aliphatic heterocycles. The molecule has 29 heavy (non-hydrogen) atoms. The summed E-state index contributed by atoms with van der Waals surface area (Å²) < 4.78 is 35.2. The molecule has 0 bridgehead atoms. The van der Waals surface area contributed by atoms with Gasteiger partial charge in [-0.2, -0.15) is 18.4 Å². The SMILES string of the molecule is Cc1cccc(Cc2nc(Cl)nc(Nc3ccc(S(=O)(=O)O)c(N=NCl)c3)n2)c1. The van der Waals surface area contributed by atoms with Crippen LogP contribution in [0, 0.1) is 6.92 Å². The van der Waals surface area contributed by atoms with E-state index >= 15 is 0 Å². The number of benzene rings is 2. The fourth-order valence-electron chi connectivity index (χ4n) is 2.59. The van der Waals surface area contributed by atoms with Gasteiger partial charge in [-0.05, 0) is 42.3 Å². The molecule has 0 saturated carbocycles. The molecule has 1 heterocycles. The van der Waals surface area contributed by atoms with Crippen molar-refractivity contribution in [3.05, 3.63) is 64.7 Å². The summed E-state index contributed by atoms with van der Waals surface area (Å²) in [5.41, 5.74) is 2.34. The summed E-state index contributed by atoms with van der Waals surface area (Å²) >= 11 is 11.2. The van der Waals surface area contributed by atoms with Crippen LogP contribution in [0.5, 0.6) is 0 Å². The van der Waals surface area contributed by atoms with Crippen LogP contribution < -0.4 is 5.32 Å². The number of nitrogens with one attached hydrogen (secondary N) is 1. The number of rotatable bonds is 6. The molecule has 0 amide bonds. The predicted molar refractivity (Wildman–Crippen MR) is 109 cm³/mol. The van der Waals surface area contributed by atoms with E-state index in [-0.39, 0.29) is 16.9 Å². The first-order chi connectivity index (χ1) is 13.7. The Kier molecular flexibility index (Phi) is 6.38. The second kappa shape index (κ2) is 8.78. The summed E-state index contributed by atoms with van der Waals surface area (Å²) in [6.45, 7) is 1.99. The van der Waals surface area contributed by atoms with Crippen LogP contribution in [0.1, 0.15) is 17.0 Å². The minimum atomic E-state index is -4.50. The third-order valence-electron chi connectivity index (χ3n) is 3.74. The van der Waals surface area contributed by atoms with Crippen molar-refractivity contribution in [2.75, 3.05) is 5.32 Å². The normalized spacial score (nSPS) is 11.7. The van der Waals surface area contributed by atoms with Gasteiger partial charge in [0.25, 0.3) is 10.1 Å². The first kappa shape index (κ1) is 21.1. The van der Waals surface area contributed by atoms with Crippen molar-refractivity contribution in [3.8, 4) is 0 Å². The Morgan fingerprint density at radius 2 is 1.93 bits per heavy atom. The fraction of sp³-hybridized carbons (Fsp3) is 0.118. The van der Waals surface area contributed by atoms with Crippen molar-refractivity contribution in [2.45, 2.75) is 18.2 Å². The van der Waals surface area contributed by atoms with Gasteiger partial charge >= 0.3 is 0 Å². The van der Waals surface area contributed by atoms with E-state index in [1.807, 2.05) is 31.2 Å². The number of aryl methyl sites for hydroxylation is 1. The highest BCUT2D eigenvalue weighted by atomic mass is 35.5. The third kappa shape index (κ3) is 5.67. The Bertz CT molecular complexity index is 1190. The van der Waals surface area contributed by atoms with E-state index in [1.165, 1.54) is 12.1 Å². The van der Waals surface area contributed by atoms with Crippen molar-refractivity contribution in [3.63, 3.8) is 0 Å². The van der Waals surface area contributed by atoms with E-state index < -0.39 is 15.0 Å². The second-order valence-corrected chi connectivity index (χ2v) is 7.85. The quantitative estimate of drug-likeness (QED) is 0.410. The molecule has 1 aromatic heterocycles. The lowest BCUT2D eigenvalue weighted by atomic mass is 10.1. The van der Waals surface area contributed by atoms with E-state index in [2.05, 4.69) is 30.0 Å². The minimum Gasteiger partial charge on any atom is -0.324 e. The van der Waals surface area contributed by atoms with Gasteiger partial charge in [-0.1, -0.05) is 34.5 Å². The Morgan fingerprint density at radius 1 is 1.14 bits per heavy atom. The predicted octanol–water partition coefficient (Wildman–Crippen LogP) is 4.65. The Morgan fingerprint density at radius 3 is 2.62 bits per heavy atom. The van der Waals surface area contributed by atoms with Gasteiger partial charge in [0.2, 0.25) is 11.2 Å². The minimum absolute atomic E-state index is 0.000350. The summed E-state index contributed by atoms with van der Waals surface area (Å²) in [5, 5.41) is 6.40. The molecule has 3 aromatic rings. The molecular weight excluding hydrogens is 439 g/mol. The van der Waals surface area contributed by atoms with E-state index in [9.17, 15) is 13.0 Å². The van der Waals surface area contributed by atoms with E-state index in [4.69, 9.17) is 23.4 Å². The van der Waals surface area contributed by atoms with Gasteiger partial charge in [-0.15, -0.1) is 5.11 Å². The molecular formula is C17H14Cl2N6O3S. The van der Waals surface area contributed by atoms with Crippen molar-refractivity contribution in [2.24, 2.45) is 9.75 Å². The first-order valence-electron chi connectivity index (χ1n) is 8.11. The molecule has 0 atom stereocenters. The maximum Gasteiger partial charge on any atom is 0.296 e. The molecule has 0 fully saturated rings. The summed E-state index contributed by atoms with van der Waals surface area (Å²) in [6, 6.07) is 11.8. The van der Waals surface area contributed by atoms with Crippen molar-refractivity contribution in [1.29, 1.82) is 0 Å². The molecule has 12 heteroatoms. The fourth-order valence-corrected chi connectivity index (χ4v) is 3.46. The summed E-state index contributed by atoms with van der Waals surface area (Å²) in [5.74, 6) is 0.606. The van der Waals surface area contributed by atoms with Crippen LogP contribution >= 0.6 is 23.4 Å². The topological polar surface area (TPSA) is 130 Å². The maximum atomic E-state index is 11.4. The van der Waals surface area contributed by atoms with Crippen molar-refractivity contribution in [1.82, 2.24) is 15.0 Å². The average molecular weight is 453 g/mol. The van der Waals surface area contributed by atoms with E-state index in [0.29, 0.717) is 17.9 Å². The van der Waals surface area contributed by atoms with Gasteiger partial charge in [0.05, 0.1) is 11.8 Å². The number of nitrogens with zero attached hydrogens (tertiary/aromatic N) is 5. The standard InChI is InChI=1S/C17H14Cl2N6O3S/c1-10-3-2-4-11(7-10)8-15-21-16(18)23-17(22-15)20-12-5-6-14(29(26,27)28)13(9-12)24-25-19/h2-7,9H,8H2,1H3,(H,26,27,28)(H,20,21,22,23). The Hall–Kier alpha value is -2.66. The summed E-state index contributed by atoms with van der Waals surface area (Å²) in [7, 11) is -4.50. The third-order valence-corrected chi connectivity index (χ3v) is 4.88. The highest BCUT2D eigenvalue weighted by Gasteiger charge is 2.17. The molecule has 0 saturated heterocycles. The zero-order valence-electron chi connectivity index (χ0n) is 14.9. The summed E-state index contributed by atoms with van der Waals surface area (Å²) in [6.07, 6.45) is 0.450. The molecule has 0 aliphatic rings. The zero-order chi connectivity index (χ0) is 21.0. The Labute approximate surface area is 176 Å².